The average molecular weight is 462 g/mol. The molecule has 1 aliphatic rings. The molecule has 0 saturated heterocycles. The molecule has 0 heterocycles. The molecule has 0 aromatic heterocycles. The summed E-state index contributed by atoms with van der Waals surface area (Å²) in [5, 5.41) is 32.7. The highest BCUT2D eigenvalue weighted by Crippen LogP contribution is 2.44. The SMILES string of the molecule is Cc1c(C(=O)O)cccc1C(O)C(O)CCNC(=O)OCC1c2ccccc2-c2ccccc21. The Labute approximate surface area is 197 Å². The first-order valence-corrected chi connectivity index (χ1v) is 11.2. The molecule has 34 heavy (non-hydrogen) atoms. The monoisotopic (exact) mass is 461 g/mol. The molecule has 176 valence electrons. The van der Waals surface area contributed by atoms with Crippen LogP contribution in [0.25, 0.3) is 11.1 Å². The third kappa shape index (κ3) is 4.66. The summed E-state index contributed by atoms with van der Waals surface area (Å²) in [6.45, 7) is 1.86. The van der Waals surface area contributed by atoms with Gasteiger partial charge in [0.25, 0.3) is 0 Å². The van der Waals surface area contributed by atoms with Crippen LogP contribution in [0.5, 0.6) is 0 Å². The number of benzene rings is 3. The number of ether oxygens (including phenoxy) is 1. The summed E-state index contributed by atoms with van der Waals surface area (Å²) in [6.07, 6.45) is -2.99. The lowest BCUT2D eigenvalue weighted by atomic mass is 9.94. The minimum Gasteiger partial charge on any atom is -0.478 e. The first-order valence-electron chi connectivity index (χ1n) is 11.2. The Morgan fingerprint density at radius 3 is 2.18 bits per heavy atom. The number of nitrogens with one attached hydrogen (secondary N) is 1. The summed E-state index contributed by atoms with van der Waals surface area (Å²) in [5.74, 6) is -1.15. The van der Waals surface area contributed by atoms with Crippen LogP contribution in [0, 0.1) is 6.92 Å². The van der Waals surface area contributed by atoms with Gasteiger partial charge in [0.1, 0.15) is 12.7 Å². The van der Waals surface area contributed by atoms with E-state index < -0.39 is 24.3 Å². The van der Waals surface area contributed by atoms with Gasteiger partial charge in [0.15, 0.2) is 0 Å². The molecule has 0 saturated carbocycles. The molecule has 3 aromatic rings. The standard InChI is InChI=1S/C27H27NO6/c1-16-17(11-6-12-18(16)26(31)32)25(30)24(29)13-14-28-27(33)34-15-23-21-9-4-2-7-19(21)20-8-3-5-10-22(20)23/h2-12,23-25,29-30H,13-15H2,1H3,(H,28,33)(H,31,32). The summed E-state index contributed by atoms with van der Waals surface area (Å²) in [5.41, 5.74) is 5.33. The van der Waals surface area contributed by atoms with Crippen molar-refractivity contribution in [2.45, 2.75) is 31.5 Å². The van der Waals surface area contributed by atoms with E-state index in [9.17, 15) is 24.9 Å². The van der Waals surface area contributed by atoms with Crippen molar-refractivity contribution in [3.63, 3.8) is 0 Å². The largest absolute Gasteiger partial charge is 0.478 e. The molecule has 0 radical (unpaired) electrons. The lowest BCUT2D eigenvalue weighted by molar-refractivity contribution is 0.0132. The highest BCUT2D eigenvalue weighted by molar-refractivity contribution is 5.89. The molecule has 4 N–H and O–H groups in total. The van der Waals surface area contributed by atoms with Gasteiger partial charge in [-0.15, -0.1) is 0 Å². The van der Waals surface area contributed by atoms with E-state index in [2.05, 4.69) is 17.4 Å². The second kappa shape index (κ2) is 10.1. The number of hydrogen-bond acceptors (Lipinski definition) is 5. The molecule has 0 aliphatic heterocycles. The smallest absolute Gasteiger partial charge is 0.407 e. The molecule has 2 atom stereocenters. The average Bonchev–Trinajstić information content (AvgIpc) is 3.16. The number of fused-ring (bicyclic) bond motifs is 3. The van der Waals surface area contributed by atoms with E-state index >= 15 is 0 Å². The van der Waals surface area contributed by atoms with Crippen molar-refractivity contribution >= 4 is 12.1 Å². The van der Waals surface area contributed by atoms with Crippen LogP contribution in [0.2, 0.25) is 0 Å². The van der Waals surface area contributed by atoms with Crippen LogP contribution in [0.15, 0.2) is 66.7 Å². The third-order valence-electron chi connectivity index (χ3n) is 6.34. The fraction of sp³-hybridized carbons (Fsp3) is 0.259. The predicted molar refractivity (Wildman–Crippen MR) is 127 cm³/mol. The summed E-state index contributed by atoms with van der Waals surface area (Å²) >= 11 is 0. The van der Waals surface area contributed by atoms with Crippen LogP contribution in [-0.4, -0.2) is 46.6 Å². The van der Waals surface area contributed by atoms with Crippen LogP contribution in [0.4, 0.5) is 4.79 Å². The second-order valence-corrected chi connectivity index (χ2v) is 8.38. The van der Waals surface area contributed by atoms with Crippen molar-refractivity contribution in [2.24, 2.45) is 0 Å². The van der Waals surface area contributed by atoms with Crippen molar-refractivity contribution in [2.75, 3.05) is 13.2 Å². The zero-order chi connectivity index (χ0) is 24.2. The van der Waals surface area contributed by atoms with Gasteiger partial charge in [-0.2, -0.15) is 0 Å². The van der Waals surface area contributed by atoms with Crippen LogP contribution in [0.1, 0.15) is 51.1 Å². The van der Waals surface area contributed by atoms with Crippen LogP contribution in [-0.2, 0) is 4.74 Å². The molecule has 0 fully saturated rings. The quantitative estimate of drug-likeness (QED) is 0.403. The van der Waals surface area contributed by atoms with E-state index in [4.69, 9.17) is 4.74 Å². The molecule has 1 amide bonds. The number of hydrogen-bond donors (Lipinski definition) is 4. The van der Waals surface area contributed by atoms with Crippen molar-refractivity contribution in [1.82, 2.24) is 5.32 Å². The Balaban J connectivity index is 1.30. The molecular weight excluding hydrogens is 434 g/mol. The maximum Gasteiger partial charge on any atom is 0.407 e. The van der Waals surface area contributed by atoms with E-state index in [-0.39, 0.29) is 31.1 Å². The van der Waals surface area contributed by atoms with E-state index in [1.54, 1.807) is 13.0 Å². The third-order valence-corrected chi connectivity index (χ3v) is 6.34. The Morgan fingerprint density at radius 1 is 0.941 bits per heavy atom. The lowest BCUT2D eigenvalue weighted by Crippen LogP contribution is -2.31. The van der Waals surface area contributed by atoms with Crippen LogP contribution < -0.4 is 5.32 Å². The van der Waals surface area contributed by atoms with Gasteiger partial charge in [0.05, 0.1) is 11.7 Å². The predicted octanol–water partition coefficient (Wildman–Crippen LogP) is 4.02. The Morgan fingerprint density at radius 2 is 1.56 bits per heavy atom. The van der Waals surface area contributed by atoms with Gasteiger partial charge >= 0.3 is 12.1 Å². The van der Waals surface area contributed by atoms with Gasteiger partial charge in [0.2, 0.25) is 0 Å². The zero-order valence-corrected chi connectivity index (χ0v) is 18.8. The van der Waals surface area contributed by atoms with Crippen molar-refractivity contribution in [1.29, 1.82) is 0 Å². The first kappa shape index (κ1) is 23.5. The highest BCUT2D eigenvalue weighted by atomic mass is 16.5. The number of alkyl carbamates (subject to hydrolysis) is 1. The van der Waals surface area contributed by atoms with E-state index in [1.165, 1.54) is 12.1 Å². The van der Waals surface area contributed by atoms with Crippen LogP contribution >= 0.6 is 0 Å². The Kier molecular flexibility index (Phi) is 6.95. The number of aliphatic hydroxyl groups excluding tert-OH is 2. The molecule has 0 spiro atoms. The topological polar surface area (TPSA) is 116 Å². The number of carboxylic acid groups (broad SMARTS) is 1. The van der Waals surface area contributed by atoms with Gasteiger partial charge in [0, 0.05) is 12.5 Å². The summed E-state index contributed by atoms with van der Waals surface area (Å²) in [7, 11) is 0. The van der Waals surface area contributed by atoms with E-state index in [0.717, 1.165) is 22.3 Å². The lowest BCUT2D eigenvalue weighted by Gasteiger charge is -2.21. The summed E-state index contributed by atoms with van der Waals surface area (Å²) < 4.78 is 5.47. The maximum atomic E-state index is 12.3. The Bertz CT molecular complexity index is 1160. The number of carboxylic acids is 1. The van der Waals surface area contributed by atoms with Crippen LogP contribution in [0.3, 0.4) is 0 Å². The van der Waals surface area contributed by atoms with Crippen molar-refractivity contribution in [3.8, 4) is 11.1 Å². The maximum absolute atomic E-state index is 12.3. The van der Waals surface area contributed by atoms with Gasteiger partial charge < -0.3 is 25.4 Å². The summed E-state index contributed by atoms with van der Waals surface area (Å²) in [6, 6.07) is 20.7. The van der Waals surface area contributed by atoms with Gasteiger partial charge in [-0.05, 0) is 52.8 Å². The minimum absolute atomic E-state index is 0.0463. The number of carbonyl (C=O) groups is 2. The normalized spacial score (nSPS) is 14.1. The molecule has 1 aliphatic carbocycles. The molecule has 3 aromatic carbocycles. The minimum atomic E-state index is -1.27. The zero-order valence-electron chi connectivity index (χ0n) is 18.8. The number of amides is 1. The molecule has 0 bridgehead atoms. The number of aromatic carboxylic acids is 1. The van der Waals surface area contributed by atoms with E-state index in [1.807, 2.05) is 36.4 Å². The number of carbonyl (C=O) groups excluding carboxylic acids is 1. The fourth-order valence-corrected chi connectivity index (χ4v) is 4.54. The van der Waals surface area contributed by atoms with E-state index in [0.29, 0.717) is 11.1 Å². The van der Waals surface area contributed by atoms with Crippen molar-refractivity contribution < 1.29 is 29.6 Å². The molecule has 7 nitrogen and oxygen atoms in total. The summed E-state index contributed by atoms with van der Waals surface area (Å²) in [4.78, 5) is 23.6. The number of aliphatic hydroxyl groups is 2. The van der Waals surface area contributed by atoms with Crippen molar-refractivity contribution in [3.05, 3.63) is 94.5 Å². The second-order valence-electron chi connectivity index (χ2n) is 8.38. The first-order chi connectivity index (χ1) is 16.4. The molecular formula is C27H27NO6. The molecule has 2 unspecified atom stereocenters. The molecule has 7 heteroatoms. The van der Waals surface area contributed by atoms with Gasteiger partial charge in [-0.3, -0.25) is 0 Å². The number of rotatable bonds is 8. The Hall–Kier alpha value is -3.68. The van der Waals surface area contributed by atoms with Gasteiger partial charge in [-0.1, -0.05) is 60.7 Å². The highest BCUT2D eigenvalue weighted by Gasteiger charge is 2.29. The van der Waals surface area contributed by atoms with Gasteiger partial charge in [-0.25, -0.2) is 9.59 Å². The molecule has 4 rings (SSSR count). The fourth-order valence-electron chi connectivity index (χ4n) is 4.54.